The monoisotopic (exact) mass is 256 g/mol. The van der Waals surface area contributed by atoms with Crippen molar-refractivity contribution in [2.24, 2.45) is 0 Å². The minimum absolute atomic E-state index is 0.0103. The summed E-state index contributed by atoms with van der Waals surface area (Å²) in [5.74, 6) is 0. The summed E-state index contributed by atoms with van der Waals surface area (Å²) in [6, 6.07) is 0. The molecule has 2 rings (SSSR count). The van der Waals surface area contributed by atoms with Gasteiger partial charge in [0.2, 0.25) is 0 Å². The average molecular weight is 257 g/mol. The van der Waals surface area contributed by atoms with Gasteiger partial charge in [-0.3, -0.25) is 0 Å². The Morgan fingerprint density at radius 1 is 2.08 bits per heavy atom. The van der Waals surface area contributed by atoms with E-state index in [1.165, 1.54) is 5.38 Å². The van der Waals surface area contributed by atoms with E-state index < -0.39 is 26.1 Å². The Hall–Kier alpha value is -0.130. The zero-order chi connectivity index (χ0) is 15.6. The molecule has 0 spiro atoms. The maximum absolute atomic E-state index is 7.80. The van der Waals surface area contributed by atoms with E-state index in [4.69, 9.17) is 11.0 Å². The van der Waals surface area contributed by atoms with Crippen molar-refractivity contribution < 1.29 is 15.7 Å². The van der Waals surface area contributed by atoms with Crippen LogP contribution in [0.25, 0.3) is 0 Å². The van der Waals surface area contributed by atoms with Crippen molar-refractivity contribution >= 4 is 32.4 Å². The molecule has 0 aliphatic carbocycles. The number of ether oxygens (including phenoxy) is 1. The number of methoxy groups -OCH3 is 1. The molecule has 5 heteroatoms. The maximum atomic E-state index is 7.80. The second kappa shape index (κ2) is 3.32. The lowest BCUT2D eigenvalue weighted by Gasteiger charge is -2.37. The summed E-state index contributed by atoms with van der Waals surface area (Å²) in [7, 11) is -3.09. The highest BCUT2D eigenvalue weighted by atomic mass is 79.9. The minimum Gasteiger partial charge on any atom is -0.378 e. The second-order valence-electron chi connectivity index (χ2n) is 1.94. The first-order valence-electron chi connectivity index (χ1n) is 6.94. The number of hydrogen-bond acceptors (Lipinski definition) is 4. The van der Waals surface area contributed by atoms with Gasteiger partial charge >= 0.3 is 0 Å². The van der Waals surface area contributed by atoms with Crippen LogP contribution >= 0.6 is 27.3 Å². The van der Waals surface area contributed by atoms with Gasteiger partial charge in [-0.1, -0.05) is 0 Å². The number of hydrogen-bond donors (Lipinski definition) is 0. The molecule has 1 aliphatic heterocycles. The highest BCUT2D eigenvalue weighted by Gasteiger charge is 2.28. The van der Waals surface area contributed by atoms with E-state index in [0.717, 1.165) is 11.3 Å². The molecule has 0 radical (unpaired) electrons. The van der Waals surface area contributed by atoms with E-state index in [9.17, 15) is 0 Å². The Morgan fingerprint density at radius 3 is 3.50 bits per heavy atom. The van der Waals surface area contributed by atoms with Crippen LogP contribution in [-0.4, -0.2) is 31.1 Å². The fraction of sp³-hybridized carbons (Fsp3) is 0.571. The van der Waals surface area contributed by atoms with Gasteiger partial charge in [-0.15, -0.1) is 11.3 Å². The topological polar surface area (TPSA) is 25.4 Å². The van der Waals surface area contributed by atoms with Crippen LogP contribution in [0.3, 0.4) is 0 Å². The molecular weight excluding hydrogens is 240 g/mol. The molecule has 1 fully saturated rings. The number of thiazole rings is 1. The smallest absolute Gasteiger partial charge is 0.186 e. The molecule has 12 heavy (non-hydrogen) atoms. The molecule has 0 atom stereocenters. The number of halogens is 1. The van der Waals surface area contributed by atoms with Gasteiger partial charge in [0.05, 0.1) is 17.0 Å². The lowest BCUT2D eigenvalue weighted by Crippen LogP contribution is -2.51. The summed E-state index contributed by atoms with van der Waals surface area (Å²) in [4.78, 5) is 4.49. The van der Waals surface area contributed by atoms with Crippen molar-refractivity contribution in [1.82, 2.24) is 4.98 Å². The summed E-state index contributed by atoms with van der Waals surface area (Å²) in [5, 5.41) is 1.51. The van der Waals surface area contributed by atoms with Gasteiger partial charge in [0.1, 0.15) is 4.60 Å². The van der Waals surface area contributed by atoms with E-state index >= 15 is 0 Å². The third-order valence-electron chi connectivity index (χ3n) is 1.18. The molecule has 0 unspecified atom stereocenters. The molecule has 1 aromatic heterocycles. The second-order valence-corrected chi connectivity index (χ2v) is 3.59. The van der Waals surface area contributed by atoms with Gasteiger partial charge in [0.25, 0.3) is 0 Å². The fourth-order valence-corrected chi connectivity index (χ4v) is 1.86. The summed E-state index contributed by atoms with van der Waals surface area (Å²) >= 11 is 4.03. The van der Waals surface area contributed by atoms with Crippen LogP contribution in [0.4, 0.5) is 5.13 Å². The minimum atomic E-state index is -3.09. The molecule has 3 nitrogen and oxygen atoms in total. The van der Waals surface area contributed by atoms with Crippen molar-refractivity contribution in [2.75, 3.05) is 24.9 Å². The van der Waals surface area contributed by atoms with Crippen molar-refractivity contribution in [3.8, 4) is 0 Å². The van der Waals surface area contributed by atoms with Crippen molar-refractivity contribution in [3.05, 3.63) is 9.98 Å². The molecule has 0 amide bonds. The first-order valence-corrected chi connectivity index (χ1v) is 4.62. The quantitative estimate of drug-likeness (QED) is 0.807. The van der Waals surface area contributed by atoms with Crippen LogP contribution in [-0.2, 0) is 4.74 Å². The molecule has 0 N–H and O–H groups in total. The Labute approximate surface area is 94.7 Å². The number of anilines is 1. The standard InChI is InChI=1S/C7H9BrN2OS/c1-11-5-2-10(3-5)7-9-6(8)4-12-7/h4-5H,2-3H2,1H3/i1D3,2D2,3D2,5D. The molecular formula is C7H9BrN2OS. The largest absolute Gasteiger partial charge is 0.378 e. The number of rotatable bonds is 2. The highest BCUT2D eigenvalue weighted by molar-refractivity contribution is 9.10. The van der Waals surface area contributed by atoms with Gasteiger partial charge < -0.3 is 9.64 Å². The zero-order valence-corrected chi connectivity index (χ0v) is 8.07. The van der Waals surface area contributed by atoms with E-state index in [0.29, 0.717) is 9.50 Å². The van der Waals surface area contributed by atoms with Crippen LogP contribution in [0.2, 0.25) is 0 Å². The molecule has 0 aromatic carbocycles. The van der Waals surface area contributed by atoms with Crippen molar-refractivity contribution in [3.63, 3.8) is 0 Å². The van der Waals surface area contributed by atoms with Crippen LogP contribution in [0.15, 0.2) is 9.98 Å². The summed E-state index contributed by atoms with van der Waals surface area (Å²) in [5.41, 5.74) is 0. The molecule has 1 saturated heterocycles. The van der Waals surface area contributed by atoms with E-state index in [1.54, 1.807) is 0 Å². The van der Waals surface area contributed by atoms with E-state index in [2.05, 4.69) is 25.7 Å². The predicted octanol–water partition coefficient (Wildman–Crippen LogP) is 1.74. The average Bonchev–Trinajstić information content (AvgIpc) is 2.60. The van der Waals surface area contributed by atoms with Gasteiger partial charge in [-0.25, -0.2) is 4.98 Å². The van der Waals surface area contributed by atoms with Crippen LogP contribution in [0.1, 0.15) is 11.0 Å². The third kappa shape index (κ3) is 1.48. The normalized spacial score (nSPS) is 39.9. The lowest BCUT2D eigenvalue weighted by atomic mass is 10.2. The fourth-order valence-electron chi connectivity index (χ4n) is 0.692. The van der Waals surface area contributed by atoms with Gasteiger partial charge in [0.15, 0.2) is 5.13 Å². The van der Waals surface area contributed by atoms with Crippen LogP contribution in [0, 0.1) is 0 Å². The SMILES string of the molecule is [2H]C([2H])([2H])OC1([2H])C([2H])([2H])N(c2nc(Br)cs2)C1([2H])[2H]. The summed E-state index contributed by atoms with van der Waals surface area (Å²) in [6.45, 7) is -5.36. The molecule has 0 saturated carbocycles. The lowest BCUT2D eigenvalue weighted by molar-refractivity contribution is 0.0787. The maximum Gasteiger partial charge on any atom is 0.186 e. The highest BCUT2D eigenvalue weighted by Crippen LogP contribution is 2.27. The summed E-state index contributed by atoms with van der Waals surface area (Å²) in [6.07, 6.45) is -2.89. The van der Waals surface area contributed by atoms with Crippen molar-refractivity contribution in [2.45, 2.75) is 6.08 Å². The third-order valence-corrected chi connectivity index (χ3v) is 2.72. The first-order chi connectivity index (χ1) is 8.83. The van der Waals surface area contributed by atoms with Crippen LogP contribution < -0.4 is 4.90 Å². The molecule has 1 aromatic rings. The zero-order valence-electron chi connectivity index (χ0n) is 13.7. The van der Waals surface area contributed by atoms with Crippen LogP contribution in [0.5, 0.6) is 0 Å². The molecule has 66 valence electrons. The first kappa shape index (κ1) is 3.22. The molecule has 0 bridgehead atoms. The Morgan fingerprint density at radius 2 is 2.92 bits per heavy atom. The Balaban J connectivity index is 2.41. The number of aromatic nitrogens is 1. The Bertz CT molecular complexity index is 515. The van der Waals surface area contributed by atoms with Gasteiger partial charge in [-0.05, 0) is 15.9 Å². The van der Waals surface area contributed by atoms with Crippen molar-refractivity contribution in [1.29, 1.82) is 0 Å². The van der Waals surface area contributed by atoms with E-state index in [1.807, 2.05) is 0 Å². The predicted molar refractivity (Wildman–Crippen MR) is 52.8 cm³/mol. The van der Waals surface area contributed by atoms with Gasteiger partial charge in [-0.2, -0.15) is 0 Å². The number of nitrogens with zero attached hydrogens (tertiary/aromatic N) is 2. The molecule has 2 heterocycles. The molecule has 1 aliphatic rings. The van der Waals surface area contributed by atoms with Gasteiger partial charge in [0, 0.05) is 25.4 Å². The Kier molecular flexibility index (Phi) is 0.890. The van der Waals surface area contributed by atoms with E-state index in [-0.39, 0.29) is 5.13 Å². The summed E-state index contributed by atoms with van der Waals surface area (Å²) < 4.78 is 64.7.